The lowest BCUT2D eigenvalue weighted by Crippen LogP contribution is -2.24. The molecular weight excluding hydrogens is 400 g/mol. The summed E-state index contributed by atoms with van der Waals surface area (Å²) in [5, 5.41) is 2.54. The van der Waals surface area contributed by atoms with E-state index in [1.807, 2.05) is 6.07 Å². The third kappa shape index (κ3) is 2.37. The predicted octanol–water partition coefficient (Wildman–Crippen LogP) is 4.85. The van der Waals surface area contributed by atoms with Gasteiger partial charge in [-0.2, -0.15) is 0 Å². The van der Waals surface area contributed by atoms with E-state index in [-0.39, 0.29) is 0 Å². The Balaban J connectivity index is 1.99. The molecule has 4 rings (SSSR count). The molecule has 0 radical (unpaired) electrons. The van der Waals surface area contributed by atoms with Crippen LogP contribution in [0.15, 0.2) is 69.6 Å². The highest BCUT2D eigenvalue weighted by Gasteiger charge is 2.12. The Bertz CT molecular complexity index is 1000. The van der Waals surface area contributed by atoms with Crippen LogP contribution in [0.1, 0.15) is 11.1 Å². The molecule has 0 heterocycles. The summed E-state index contributed by atoms with van der Waals surface area (Å²) < 4.78 is 2.23. The highest BCUT2D eigenvalue weighted by Crippen LogP contribution is 2.28. The van der Waals surface area contributed by atoms with Crippen molar-refractivity contribution in [3.8, 4) is 11.1 Å². The number of fused-ring (bicyclic) bond motifs is 3. The zero-order valence-corrected chi connectivity index (χ0v) is 14.9. The molecule has 0 saturated carbocycles. The minimum absolute atomic E-state index is 1.12. The Hall–Kier alpha value is -1.64. The van der Waals surface area contributed by atoms with Gasteiger partial charge in [0.15, 0.2) is 0 Å². The van der Waals surface area contributed by atoms with Gasteiger partial charge in [0.2, 0.25) is 0 Å². The first-order valence-corrected chi connectivity index (χ1v) is 8.68. The van der Waals surface area contributed by atoms with Crippen LogP contribution in [0.3, 0.4) is 0 Å². The van der Waals surface area contributed by atoms with Crippen LogP contribution >= 0.6 is 31.9 Å². The Morgan fingerprint density at radius 1 is 0.773 bits per heavy atom. The van der Waals surface area contributed by atoms with Gasteiger partial charge in [-0.25, -0.2) is 0 Å². The molecule has 0 unspecified atom stereocenters. The maximum absolute atomic E-state index is 3.62. The van der Waals surface area contributed by atoms with E-state index in [2.05, 4.69) is 98.6 Å². The van der Waals surface area contributed by atoms with Crippen LogP contribution < -0.4 is 10.4 Å². The van der Waals surface area contributed by atoms with Crippen LogP contribution in [0, 0.1) is 0 Å². The summed E-state index contributed by atoms with van der Waals surface area (Å²) in [5.41, 5.74) is 5.09. The normalized spacial score (nSPS) is 12.7. The molecule has 106 valence electrons. The van der Waals surface area contributed by atoms with Crippen molar-refractivity contribution in [1.82, 2.24) is 0 Å². The summed E-state index contributed by atoms with van der Waals surface area (Å²) >= 11 is 7.18. The van der Waals surface area contributed by atoms with Crippen LogP contribution in [0.5, 0.6) is 0 Å². The number of hydrogen-bond acceptors (Lipinski definition) is 0. The predicted molar refractivity (Wildman–Crippen MR) is 100 cm³/mol. The van der Waals surface area contributed by atoms with Crippen LogP contribution in [0.2, 0.25) is 0 Å². The number of hydrogen-bond donors (Lipinski definition) is 0. The van der Waals surface area contributed by atoms with Crippen molar-refractivity contribution in [3.63, 3.8) is 0 Å². The molecule has 0 bridgehead atoms. The quantitative estimate of drug-likeness (QED) is 0.420. The van der Waals surface area contributed by atoms with Gasteiger partial charge in [-0.1, -0.05) is 74.3 Å². The van der Waals surface area contributed by atoms with Crippen LogP contribution in [-0.2, 0) is 0 Å². The first-order chi connectivity index (χ1) is 10.7. The second kappa shape index (κ2) is 5.53. The minimum atomic E-state index is 1.12. The molecule has 3 aromatic carbocycles. The van der Waals surface area contributed by atoms with Crippen LogP contribution in [0.25, 0.3) is 23.3 Å². The molecular formula is C20H12Br2. The summed E-state index contributed by atoms with van der Waals surface area (Å²) in [7, 11) is 0. The average molecular weight is 412 g/mol. The van der Waals surface area contributed by atoms with Gasteiger partial charge >= 0.3 is 0 Å². The number of rotatable bonds is 1. The molecule has 22 heavy (non-hydrogen) atoms. The molecule has 0 amide bonds. The van der Waals surface area contributed by atoms with Crippen molar-refractivity contribution in [2.24, 2.45) is 0 Å². The Labute approximate surface area is 146 Å². The van der Waals surface area contributed by atoms with E-state index in [4.69, 9.17) is 0 Å². The SMILES string of the molecule is Brc1ccc2c(c1)C=c1c-2cccc1=Cc1ccccc1Br. The van der Waals surface area contributed by atoms with Gasteiger partial charge in [0, 0.05) is 8.95 Å². The average Bonchev–Trinajstić information content (AvgIpc) is 2.88. The zero-order valence-electron chi connectivity index (χ0n) is 11.7. The summed E-state index contributed by atoms with van der Waals surface area (Å²) in [6.07, 6.45) is 4.51. The third-order valence-electron chi connectivity index (χ3n) is 3.96. The fourth-order valence-corrected chi connectivity index (χ4v) is 3.70. The van der Waals surface area contributed by atoms with Crippen molar-refractivity contribution in [2.45, 2.75) is 0 Å². The molecule has 0 nitrogen and oxygen atoms in total. The van der Waals surface area contributed by atoms with Crippen molar-refractivity contribution in [1.29, 1.82) is 0 Å². The maximum atomic E-state index is 3.62. The topological polar surface area (TPSA) is 0 Å². The lowest BCUT2D eigenvalue weighted by Gasteiger charge is -2.02. The fourth-order valence-electron chi connectivity index (χ4n) is 2.92. The largest absolute Gasteiger partial charge is 0.0616 e. The molecule has 1 aliphatic carbocycles. The summed E-state index contributed by atoms with van der Waals surface area (Å²) in [5.74, 6) is 0. The molecule has 0 fully saturated rings. The highest BCUT2D eigenvalue weighted by molar-refractivity contribution is 9.10. The van der Waals surface area contributed by atoms with Gasteiger partial charge in [0.1, 0.15) is 0 Å². The number of halogens is 2. The summed E-state index contributed by atoms with van der Waals surface area (Å²) in [4.78, 5) is 0. The van der Waals surface area contributed by atoms with E-state index >= 15 is 0 Å². The maximum Gasteiger partial charge on any atom is 0.0247 e. The van der Waals surface area contributed by atoms with Crippen LogP contribution in [0.4, 0.5) is 0 Å². The highest BCUT2D eigenvalue weighted by atomic mass is 79.9. The van der Waals surface area contributed by atoms with Gasteiger partial charge in [0.05, 0.1) is 0 Å². The van der Waals surface area contributed by atoms with Gasteiger partial charge in [-0.3, -0.25) is 0 Å². The molecule has 0 saturated heterocycles. The Kier molecular flexibility index (Phi) is 3.51. The van der Waals surface area contributed by atoms with E-state index in [1.54, 1.807) is 0 Å². The third-order valence-corrected chi connectivity index (χ3v) is 5.18. The van der Waals surface area contributed by atoms with E-state index in [9.17, 15) is 0 Å². The summed E-state index contributed by atoms with van der Waals surface area (Å²) in [6.45, 7) is 0. The van der Waals surface area contributed by atoms with Gasteiger partial charge in [0.25, 0.3) is 0 Å². The van der Waals surface area contributed by atoms with E-state index in [0.29, 0.717) is 0 Å². The fraction of sp³-hybridized carbons (Fsp3) is 0. The zero-order chi connectivity index (χ0) is 15.1. The second-order valence-electron chi connectivity index (χ2n) is 5.35. The number of benzene rings is 3. The first-order valence-electron chi connectivity index (χ1n) is 7.09. The molecule has 0 aromatic heterocycles. The Morgan fingerprint density at radius 2 is 1.64 bits per heavy atom. The smallest absolute Gasteiger partial charge is 0.0247 e. The van der Waals surface area contributed by atoms with Crippen molar-refractivity contribution in [2.75, 3.05) is 0 Å². The van der Waals surface area contributed by atoms with Gasteiger partial charge < -0.3 is 0 Å². The van der Waals surface area contributed by atoms with Crippen LogP contribution in [-0.4, -0.2) is 0 Å². The van der Waals surface area contributed by atoms with E-state index in [1.165, 1.54) is 32.7 Å². The molecule has 0 aliphatic heterocycles. The molecule has 3 aromatic rings. The molecule has 0 spiro atoms. The Morgan fingerprint density at radius 3 is 2.50 bits per heavy atom. The lowest BCUT2D eigenvalue weighted by atomic mass is 10.0. The van der Waals surface area contributed by atoms with Crippen molar-refractivity contribution < 1.29 is 0 Å². The standard InChI is InChI=1S/C20H12Br2/c21-16-8-9-17-15(11-16)12-19-13(5-3-6-18(17)19)10-14-4-1-2-7-20(14)22/h1-12H. The molecule has 0 N–H and O–H groups in total. The van der Waals surface area contributed by atoms with Crippen molar-refractivity contribution in [3.05, 3.63) is 91.2 Å². The molecule has 0 atom stereocenters. The first kappa shape index (κ1) is 14.0. The second-order valence-corrected chi connectivity index (χ2v) is 7.12. The minimum Gasteiger partial charge on any atom is -0.0616 e. The van der Waals surface area contributed by atoms with Gasteiger partial charge in [-0.05, 0) is 63.0 Å². The van der Waals surface area contributed by atoms with Crippen molar-refractivity contribution >= 4 is 44.0 Å². The monoisotopic (exact) mass is 410 g/mol. The summed E-state index contributed by atoms with van der Waals surface area (Å²) in [6, 6.07) is 21.3. The van der Waals surface area contributed by atoms with E-state index in [0.717, 1.165) is 8.95 Å². The van der Waals surface area contributed by atoms with E-state index < -0.39 is 0 Å². The molecule has 2 heteroatoms. The van der Waals surface area contributed by atoms with Gasteiger partial charge in [-0.15, -0.1) is 0 Å². The molecule has 1 aliphatic rings. The lowest BCUT2D eigenvalue weighted by molar-refractivity contribution is 1.51.